The lowest BCUT2D eigenvalue weighted by molar-refractivity contribution is 0.257. The Bertz CT molecular complexity index is 78.1. The van der Waals surface area contributed by atoms with Crippen molar-refractivity contribution in [2.45, 2.75) is 13.1 Å². The standard InChI is InChI=1S/C4H12N4/c1-4(5)8(3)7-6-2/h4H,5H2,1-3H3. The molecule has 0 radical (unpaired) electrons. The fourth-order valence-electron chi connectivity index (χ4n) is 0.223. The number of nitrogens with zero attached hydrogens (tertiary/aromatic N) is 3. The molecule has 0 aliphatic rings. The van der Waals surface area contributed by atoms with Crippen LogP contribution in [0.15, 0.2) is 10.3 Å². The molecule has 8 heavy (non-hydrogen) atoms. The van der Waals surface area contributed by atoms with Crippen LogP contribution in [0.1, 0.15) is 6.92 Å². The van der Waals surface area contributed by atoms with Crippen LogP contribution in [0.4, 0.5) is 0 Å². The maximum atomic E-state index is 5.39. The number of nitrogens with two attached hydrogens (primary N) is 1. The van der Waals surface area contributed by atoms with Gasteiger partial charge in [-0.25, -0.2) is 0 Å². The van der Waals surface area contributed by atoms with Crippen LogP contribution in [0, 0.1) is 0 Å². The van der Waals surface area contributed by atoms with Gasteiger partial charge in [0.1, 0.15) is 0 Å². The zero-order chi connectivity index (χ0) is 6.57. The van der Waals surface area contributed by atoms with Crippen molar-refractivity contribution in [1.29, 1.82) is 0 Å². The van der Waals surface area contributed by atoms with Crippen LogP contribution in [0.25, 0.3) is 0 Å². The molecule has 4 nitrogen and oxygen atoms in total. The summed E-state index contributed by atoms with van der Waals surface area (Å²) >= 11 is 0. The molecule has 0 rings (SSSR count). The zero-order valence-electron chi connectivity index (χ0n) is 5.50. The Morgan fingerprint density at radius 3 is 2.25 bits per heavy atom. The van der Waals surface area contributed by atoms with E-state index in [4.69, 9.17) is 5.73 Å². The Hall–Kier alpha value is -0.640. The van der Waals surface area contributed by atoms with Crippen molar-refractivity contribution in [3.63, 3.8) is 0 Å². The molecule has 0 saturated heterocycles. The van der Waals surface area contributed by atoms with Gasteiger partial charge in [-0.3, -0.25) is 5.01 Å². The van der Waals surface area contributed by atoms with E-state index in [2.05, 4.69) is 10.3 Å². The summed E-state index contributed by atoms with van der Waals surface area (Å²) in [6, 6.07) is 0. The third-order valence-corrected chi connectivity index (χ3v) is 0.820. The first-order valence-electron chi connectivity index (χ1n) is 2.46. The van der Waals surface area contributed by atoms with Gasteiger partial charge in [-0.2, -0.15) is 5.11 Å². The molecule has 0 aliphatic heterocycles. The predicted octanol–water partition coefficient (Wildman–Crippen LogP) is 0.220. The molecule has 4 heteroatoms. The summed E-state index contributed by atoms with van der Waals surface area (Å²) in [5, 5.41) is 8.77. The van der Waals surface area contributed by atoms with Gasteiger partial charge in [0, 0.05) is 7.05 Å². The zero-order valence-corrected chi connectivity index (χ0v) is 5.50. The predicted molar refractivity (Wildman–Crippen MR) is 32.2 cm³/mol. The van der Waals surface area contributed by atoms with Gasteiger partial charge in [0.2, 0.25) is 0 Å². The van der Waals surface area contributed by atoms with Gasteiger partial charge in [-0.15, -0.1) is 0 Å². The van der Waals surface area contributed by atoms with Gasteiger partial charge in [-0.05, 0) is 6.92 Å². The lowest BCUT2D eigenvalue weighted by atomic mass is 10.6. The maximum Gasteiger partial charge on any atom is 0.0924 e. The molecule has 48 valence electrons. The van der Waals surface area contributed by atoms with Gasteiger partial charge in [0.15, 0.2) is 0 Å². The van der Waals surface area contributed by atoms with Crippen molar-refractivity contribution in [2.24, 2.45) is 16.1 Å². The Morgan fingerprint density at radius 1 is 1.62 bits per heavy atom. The lowest BCUT2D eigenvalue weighted by Gasteiger charge is -2.13. The van der Waals surface area contributed by atoms with Gasteiger partial charge >= 0.3 is 0 Å². The fourth-order valence-corrected chi connectivity index (χ4v) is 0.223. The van der Waals surface area contributed by atoms with Crippen molar-refractivity contribution in [2.75, 3.05) is 14.1 Å². The van der Waals surface area contributed by atoms with Crippen molar-refractivity contribution >= 4 is 0 Å². The molecule has 0 amide bonds. The Kier molecular flexibility index (Phi) is 3.10. The molecule has 0 aromatic heterocycles. The first kappa shape index (κ1) is 7.36. The third kappa shape index (κ3) is 2.52. The fraction of sp³-hybridized carbons (Fsp3) is 1.00. The lowest BCUT2D eigenvalue weighted by Crippen LogP contribution is -2.31. The van der Waals surface area contributed by atoms with E-state index >= 15 is 0 Å². The highest BCUT2D eigenvalue weighted by molar-refractivity contribution is 4.43. The van der Waals surface area contributed by atoms with Crippen LogP contribution in [0.2, 0.25) is 0 Å². The summed E-state index contributed by atoms with van der Waals surface area (Å²) in [6.07, 6.45) is -0.0568. The smallest absolute Gasteiger partial charge is 0.0924 e. The molecule has 0 bridgehead atoms. The highest BCUT2D eigenvalue weighted by atomic mass is 15.6. The number of hydrogen-bond donors (Lipinski definition) is 1. The van der Waals surface area contributed by atoms with Crippen molar-refractivity contribution < 1.29 is 0 Å². The summed E-state index contributed by atoms with van der Waals surface area (Å²) in [6.45, 7) is 1.84. The first-order valence-corrected chi connectivity index (χ1v) is 2.46. The molecular weight excluding hydrogens is 104 g/mol. The molecule has 0 fully saturated rings. The second-order valence-electron chi connectivity index (χ2n) is 1.60. The molecular formula is C4H12N4. The van der Waals surface area contributed by atoms with Gasteiger partial charge in [0.25, 0.3) is 0 Å². The molecule has 0 spiro atoms. The molecule has 1 atom stereocenters. The van der Waals surface area contributed by atoms with E-state index in [9.17, 15) is 0 Å². The largest absolute Gasteiger partial charge is 0.310 e. The Labute approximate surface area is 49.4 Å². The van der Waals surface area contributed by atoms with E-state index < -0.39 is 0 Å². The second-order valence-corrected chi connectivity index (χ2v) is 1.60. The third-order valence-electron chi connectivity index (χ3n) is 0.820. The van der Waals surface area contributed by atoms with Crippen LogP contribution >= 0.6 is 0 Å². The number of rotatable bonds is 2. The monoisotopic (exact) mass is 116 g/mol. The van der Waals surface area contributed by atoms with E-state index in [-0.39, 0.29) is 6.17 Å². The van der Waals surface area contributed by atoms with Crippen LogP contribution in [-0.2, 0) is 0 Å². The van der Waals surface area contributed by atoms with E-state index in [0.717, 1.165) is 0 Å². The van der Waals surface area contributed by atoms with Gasteiger partial charge in [0.05, 0.1) is 13.2 Å². The summed E-state index contributed by atoms with van der Waals surface area (Å²) in [7, 11) is 3.39. The van der Waals surface area contributed by atoms with Crippen molar-refractivity contribution in [1.82, 2.24) is 5.01 Å². The van der Waals surface area contributed by atoms with Crippen molar-refractivity contribution in [3.05, 3.63) is 0 Å². The molecule has 0 saturated carbocycles. The summed E-state index contributed by atoms with van der Waals surface area (Å²) in [5.74, 6) is 0. The topological polar surface area (TPSA) is 54.0 Å². The molecule has 0 heterocycles. The molecule has 2 N–H and O–H groups in total. The summed E-state index contributed by atoms with van der Waals surface area (Å²) in [5.41, 5.74) is 5.39. The van der Waals surface area contributed by atoms with Gasteiger partial charge < -0.3 is 5.73 Å². The van der Waals surface area contributed by atoms with Gasteiger partial charge in [-0.1, -0.05) is 5.22 Å². The SMILES string of the molecule is CN=NN(C)C(C)N. The minimum Gasteiger partial charge on any atom is -0.310 e. The van der Waals surface area contributed by atoms with E-state index in [0.29, 0.717) is 0 Å². The highest BCUT2D eigenvalue weighted by Crippen LogP contribution is 1.86. The normalized spacial score (nSPS) is 14.5. The first-order chi connectivity index (χ1) is 3.68. The molecule has 0 aliphatic carbocycles. The summed E-state index contributed by atoms with van der Waals surface area (Å²) < 4.78 is 0. The minimum absolute atomic E-state index is 0.0568. The Morgan fingerprint density at radius 2 is 2.12 bits per heavy atom. The quantitative estimate of drug-likeness (QED) is 0.319. The van der Waals surface area contributed by atoms with E-state index in [1.54, 1.807) is 19.1 Å². The Balaban J connectivity index is 3.47. The molecule has 1 unspecified atom stereocenters. The summed E-state index contributed by atoms with van der Waals surface area (Å²) in [4.78, 5) is 0. The number of hydrogen-bond acceptors (Lipinski definition) is 3. The average Bonchev–Trinajstić information content (AvgIpc) is 1.67. The molecule has 0 aromatic carbocycles. The van der Waals surface area contributed by atoms with Crippen LogP contribution in [0.5, 0.6) is 0 Å². The van der Waals surface area contributed by atoms with Crippen LogP contribution in [0.3, 0.4) is 0 Å². The van der Waals surface area contributed by atoms with Crippen molar-refractivity contribution in [3.8, 4) is 0 Å². The minimum atomic E-state index is -0.0568. The molecule has 0 aromatic rings. The van der Waals surface area contributed by atoms with Crippen LogP contribution < -0.4 is 5.73 Å². The average molecular weight is 116 g/mol. The van der Waals surface area contributed by atoms with E-state index in [1.165, 1.54) is 0 Å². The highest BCUT2D eigenvalue weighted by Gasteiger charge is 1.95. The second kappa shape index (κ2) is 3.37. The van der Waals surface area contributed by atoms with E-state index in [1.807, 2.05) is 6.92 Å². The van der Waals surface area contributed by atoms with Crippen LogP contribution in [-0.4, -0.2) is 25.3 Å². The maximum absolute atomic E-state index is 5.39.